The summed E-state index contributed by atoms with van der Waals surface area (Å²) < 4.78 is 21.4. The molecule has 1 aromatic rings. The van der Waals surface area contributed by atoms with Gasteiger partial charge >= 0.3 is 0 Å². The number of methoxy groups -OCH3 is 2. The third kappa shape index (κ3) is 3.62. The van der Waals surface area contributed by atoms with Gasteiger partial charge in [-0.15, -0.1) is 0 Å². The fourth-order valence-electron chi connectivity index (χ4n) is 4.39. The highest BCUT2D eigenvalue weighted by atomic mass is 16.7. The highest BCUT2D eigenvalue weighted by molar-refractivity contribution is 5.46. The summed E-state index contributed by atoms with van der Waals surface area (Å²) in [5.41, 5.74) is 1.32. The molecule has 2 fully saturated rings. The van der Waals surface area contributed by atoms with E-state index in [-0.39, 0.29) is 25.1 Å². The average molecular weight is 351 g/mol. The number of hydrogen-bond acceptors (Lipinski definition) is 6. The Labute approximate surface area is 149 Å². The first-order chi connectivity index (χ1) is 12.1. The van der Waals surface area contributed by atoms with Crippen molar-refractivity contribution < 1.29 is 24.1 Å². The summed E-state index contributed by atoms with van der Waals surface area (Å²) in [6.45, 7) is 1.39. The first kappa shape index (κ1) is 18.5. The second-order valence-electron chi connectivity index (χ2n) is 7.09. The van der Waals surface area contributed by atoms with E-state index in [1.807, 2.05) is 6.07 Å². The van der Waals surface area contributed by atoms with Crippen LogP contribution in [0.4, 0.5) is 0 Å². The van der Waals surface area contributed by atoms with Crippen LogP contribution in [-0.4, -0.2) is 63.6 Å². The van der Waals surface area contributed by atoms with Crippen LogP contribution in [0.2, 0.25) is 0 Å². The standard InChI is InChI=1S/C19H29NO5/c1-20-9-8-19(7-6-15(21)11-18(19)20)14-4-5-16(24-12-22-2)17(10-14)25-13-23-3/h4-5,10,15,18,21H,6-9,11-13H2,1-3H3/t15-,18+,19+/m1/s1. The molecule has 0 radical (unpaired) electrons. The highest BCUT2D eigenvalue weighted by Gasteiger charge is 2.50. The van der Waals surface area contributed by atoms with E-state index in [9.17, 15) is 5.11 Å². The first-order valence-corrected chi connectivity index (χ1v) is 8.87. The van der Waals surface area contributed by atoms with Gasteiger partial charge in [-0.05, 0) is 57.0 Å². The second kappa shape index (κ2) is 7.91. The smallest absolute Gasteiger partial charge is 0.188 e. The summed E-state index contributed by atoms with van der Waals surface area (Å²) in [6.07, 6.45) is 3.56. The molecule has 6 nitrogen and oxygen atoms in total. The number of aliphatic hydroxyl groups is 1. The maximum Gasteiger partial charge on any atom is 0.188 e. The van der Waals surface area contributed by atoms with Crippen LogP contribution in [0.3, 0.4) is 0 Å². The number of hydrogen-bond donors (Lipinski definition) is 1. The molecule has 1 heterocycles. The Balaban J connectivity index is 1.92. The van der Waals surface area contributed by atoms with Crippen LogP contribution in [0.15, 0.2) is 18.2 Å². The third-order valence-electron chi connectivity index (χ3n) is 5.68. The fourth-order valence-corrected chi connectivity index (χ4v) is 4.39. The molecule has 25 heavy (non-hydrogen) atoms. The van der Waals surface area contributed by atoms with Gasteiger partial charge in [-0.3, -0.25) is 0 Å². The predicted octanol–water partition coefficient (Wildman–Crippen LogP) is 2.14. The lowest BCUT2D eigenvalue weighted by Gasteiger charge is -2.43. The van der Waals surface area contributed by atoms with Gasteiger partial charge in [-0.25, -0.2) is 0 Å². The number of fused-ring (bicyclic) bond motifs is 1. The molecule has 1 aliphatic carbocycles. The van der Waals surface area contributed by atoms with Crippen LogP contribution in [0.25, 0.3) is 0 Å². The van der Waals surface area contributed by atoms with Crippen molar-refractivity contribution >= 4 is 0 Å². The maximum atomic E-state index is 10.1. The lowest BCUT2D eigenvalue weighted by atomic mass is 9.65. The Bertz CT molecular complexity index is 581. The zero-order chi connectivity index (χ0) is 17.9. The van der Waals surface area contributed by atoms with E-state index in [4.69, 9.17) is 18.9 Å². The van der Waals surface area contributed by atoms with E-state index >= 15 is 0 Å². The third-order valence-corrected chi connectivity index (χ3v) is 5.68. The Hall–Kier alpha value is -1.34. The monoisotopic (exact) mass is 351 g/mol. The lowest BCUT2D eigenvalue weighted by molar-refractivity contribution is 0.0317. The van der Waals surface area contributed by atoms with Gasteiger partial charge in [0.1, 0.15) is 0 Å². The molecule has 1 saturated carbocycles. The second-order valence-corrected chi connectivity index (χ2v) is 7.09. The van der Waals surface area contributed by atoms with Crippen LogP contribution < -0.4 is 9.47 Å². The summed E-state index contributed by atoms with van der Waals surface area (Å²) in [6, 6.07) is 6.52. The molecule has 2 aliphatic rings. The average Bonchev–Trinajstić information content (AvgIpc) is 2.96. The molecule has 0 unspecified atom stereocenters. The summed E-state index contributed by atoms with van der Waals surface area (Å²) >= 11 is 0. The minimum Gasteiger partial charge on any atom is -0.464 e. The van der Waals surface area contributed by atoms with E-state index in [0.717, 1.165) is 32.2 Å². The van der Waals surface area contributed by atoms with Crippen molar-refractivity contribution in [3.63, 3.8) is 0 Å². The summed E-state index contributed by atoms with van der Waals surface area (Å²) in [5.74, 6) is 1.32. The molecule has 6 heteroatoms. The Morgan fingerprint density at radius 2 is 1.84 bits per heavy atom. The largest absolute Gasteiger partial charge is 0.464 e. The number of likely N-dealkylation sites (N-methyl/N-ethyl adjacent to an activating group) is 1. The Morgan fingerprint density at radius 3 is 2.56 bits per heavy atom. The van der Waals surface area contributed by atoms with Crippen LogP contribution in [0.1, 0.15) is 31.2 Å². The Morgan fingerprint density at radius 1 is 1.12 bits per heavy atom. The van der Waals surface area contributed by atoms with Crippen LogP contribution in [-0.2, 0) is 14.9 Å². The molecule has 1 aromatic carbocycles. The van der Waals surface area contributed by atoms with Crippen molar-refractivity contribution in [2.75, 3.05) is 41.4 Å². The topological polar surface area (TPSA) is 60.4 Å². The van der Waals surface area contributed by atoms with E-state index in [1.165, 1.54) is 5.56 Å². The number of nitrogens with zero attached hydrogens (tertiary/aromatic N) is 1. The van der Waals surface area contributed by atoms with E-state index in [1.54, 1.807) is 14.2 Å². The minimum absolute atomic E-state index is 0.0684. The molecular weight excluding hydrogens is 322 g/mol. The van der Waals surface area contributed by atoms with Crippen molar-refractivity contribution in [3.8, 4) is 11.5 Å². The van der Waals surface area contributed by atoms with Gasteiger partial charge in [0.05, 0.1) is 6.10 Å². The van der Waals surface area contributed by atoms with Crippen molar-refractivity contribution in [3.05, 3.63) is 23.8 Å². The molecule has 3 rings (SSSR count). The van der Waals surface area contributed by atoms with Crippen LogP contribution in [0.5, 0.6) is 11.5 Å². The molecule has 3 atom stereocenters. The normalized spacial score (nSPS) is 29.4. The number of benzene rings is 1. The lowest BCUT2D eigenvalue weighted by Crippen LogP contribution is -2.47. The fraction of sp³-hybridized carbons (Fsp3) is 0.684. The van der Waals surface area contributed by atoms with Crippen LogP contribution >= 0.6 is 0 Å². The molecular formula is C19H29NO5. The molecule has 1 aliphatic heterocycles. The van der Waals surface area contributed by atoms with Gasteiger partial charge in [-0.1, -0.05) is 6.07 Å². The highest BCUT2D eigenvalue weighted by Crippen LogP contribution is 2.49. The summed E-state index contributed by atoms with van der Waals surface area (Å²) in [7, 11) is 5.35. The van der Waals surface area contributed by atoms with Crippen LogP contribution in [0, 0.1) is 0 Å². The number of ether oxygens (including phenoxy) is 4. The van der Waals surface area contributed by atoms with Gasteiger partial charge < -0.3 is 29.0 Å². The van der Waals surface area contributed by atoms with Crippen molar-refractivity contribution in [2.45, 2.75) is 43.2 Å². The van der Waals surface area contributed by atoms with Gasteiger partial charge in [0.15, 0.2) is 25.1 Å². The molecule has 0 spiro atoms. The quantitative estimate of drug-likeness (QED) is 0.760. The zero-order valence-corrected chi connectivity index (χ0v) is 15.4. The van der Waals surface area contributed by atoms with Gasteiger partial charge in [-0.2, -0.15) is 0 Å². The first-order valence-electron chi connectivity index (χ1n) is 8.87. The molecule has 0 bridgehead atoms. The van der Waals surface area contributed by atoms with Gasteiger partial charge in [0, 0.05) is 25.7 Å². The SMILES string of the molecule is COCOc1ccc([C@@]23CC[C@@H](O)C[C@@H]2N(C)CC3)cc1OCOC. The zero-order valence-electron chi connectivity index (χ0n) is 15.4. The number of likely N-dealkylation sites (tertiary alicyclic amines) is 1. The molecule has 1 saturated heterocycles. The predicted molar refractivity (Wildman–Crippen MR) is 94.0 cm³/mol. The van der Waals surface area contributed by atoms with Crippen molar-refractivity contribution in [2.24, 2.45) is 0 Å². The number of aliphatic hydroxyl groups excluding tert-OH is 1. The van der Waals surface area contributed by atoms with E-state index < -0.39 is 0 Å². The molecule has 0 amide bonds. The van der Waals surface area contributed by atoms with E-state index in [2.05, 4.69) is 24.1 Å². The van der Waals surface area contributed by atoms with Crippen molar-refractivity contribution in [1.29, 1.82) is 0 Å². The summed E-state index contributed by atoms with van der Waals surface area (Å²) in [5, 5.41) is 10.1. The van der Waals surface area contributed by atoms with Gasteiger partial charge in [0.2, 0.25) is 0 Å². The molecule has 140 valence electrons. The summed E-state index contributed by atoms with van der Waals surface area (Å²) in [4.78, 5) is 2.38. The molecule has 0 aromatic heterocycles. The van der Waals surface area contributed by atoms with E-state index in [0.29, 0.717) is 17.5 Å². The Kier molecular flexibility index (Phi) is 5.84. The minimum atomic E-state index is -0.202. The van der Waals surface area contributed by atoms with Gasteiger partial charge in [0.25, 0.3) is 0 Å². The number of rotatable bonds is 7. The maximum absolute atomic E-state index is 10.1. The molecule has 1 N–H and O–H groups in total. The van der Waals surface area contributed by atoms with Crippen molar-refractivity contribution in [1.82, 2.24) is 4.90 Å².